The van der Waals surface area contributed by atoms with Crippen LogP contribution in [0.2, 0.25) is 0 Å². The molecule has 0 unspecified atom stereocenters. The Morgan fingerprint density at radius 2 is 2.55 bits per heavy atom. The number of hydrogen-bond acceptors (Lipinski definition) is 3. The third-order valence-corrected chi connectivity index (χ3v) is 2.31. The van der Waals surface area contributed by atoms with E-state index in [1.54, 1.807) is 6.08 Å². The van der Waals surface area contributed by atoms with Crippen LogP contribution in [0.25, 0.3) is 0 Å². The van der Waals surface area contributed by atoms with E-state index >= 15 is 0 Å². The smallest absolute Gasteiger partial charge is 0.234 e. The summed E-state index contributed by atoms with van der Waals surface area (Å²) in [7, 11) is 2.13. The van der Waals surface area contributed by atoms with Crippen molar-refractivity contribution in [3.63, 3.8) is 0 Å². The average Bonchev–Trinajstić information content (AvgIpc) is 2.37. The van der Waals surface area contributed by atoms with Gasteiger partial charge in [-0.2, -0.15) is 0 Å². The standard InChI is InChI=1S/C8H14N2O/c1-10-6-2-3-8(10)4-5-9-7-11/h8H,2-6H2,1H3/t8-/m0/s1. The Bertz CT molecular complexity index is 163. The maximum atomic E-state index is 9.75. The lowest BCUT2D eigenvalue weighted by Crippen LogP contribution is -2.25. The molecule has 3 nitrogen and oxygen atoms in total. The van der Waals surface area contributed by atoms with Gasteiger partial charge in [-0.1, -0.05) is 0 Å². The molecule has 0 N–H and O–H groups in total. The molecular weight excluding hydrogens is 140 g/mol. The monoisotopic (exact) mass is 154 g/mol. The Hall–Kier alpha value is -0.660. The number of nitrogens with zero attached hydrogens (tertiary/aromatic N) is 2. The number of hydrogen-bond donors (Lipinski definition) is 0. The minimum Gasteiger partial charge on any atom is -0.303 e. The quantitative estimate of drug-likeness (QED) is 0.445. The van der Waals surface area contributed by atoms with Gasteiger partial charge in [-0.15, -0.1) is 0 Å². The minimum atomic E-state index is 0.637. The van der Waals surface area contributed by atoms with Crippen LogP contribution >= 0.6 is 0 Å². The summed E-state index contributed by atoms with van der Waals surface area (Å²) in [6.07, 6.45) is 5.11. The van der Waals surface area contributed by atoms with Crippen LogP contribution in [0.3, 0.4) is 0 Å². The third kappa shape index (κ3) is 2.45. The molecule has 62 valence electrons. The van der Waals surface area contributed by atoms with Crippen molar-refractivity contribution in [1.29, 1.82) is 0 Å². The second-order valence-electron chi connectivity index (χ2n) is 3.04. The Kier molecular flexibility index (Phi) is 3.27. The number of carbonyl (C=O) groups excluding carboxylic acids is 1. The second kappa shape index (κ2) is 4.27. The van der Waals surface area contributed by atoms with Crippen LogP contribution in [0.5, 0.6) is 0 Å². The Morgan fingerprint density at radius 1 is 1.73 bits per heavy atom. The van der Waals surface area contributed by atoms with E-state index in [0.717, 1.165) is 6.42 Å². The first kappa shape index (κ1) is 8.44. The van der Waals surface area contributed by atoms with E-state index in [4.69, 9.17) is 0 Å². The van der Waals surface area contributed by atoms with Crippen molar-refractivity contribution in [2.45, 2.75) is 25.3 Å². The normalized spacial score (nSPS) is 25.0. The van der Waals surface area contributed by atoms with Gasteiger partial charge in [-0.3, -0.25) is 0 Å². The fourth-order valence-electron chi connectivity index (χ4n) is 1.60. The van der Waals surface area contributed by atoms with Gasteiger partial charge in [-0.05, 0) is 32.9 Å². The minimum absolute atomic E-state index is 0.637. The zero-order valence-corrected chi connectivity index (χ0v) is 6.92. The van der Waals surface area contributed by atoms with E-state index in [1.165, 1.54) is 19.4 Å². The predicted molar refractivity (Wildman–Crippen MR) is 43.3 cm³/mol. The van der Waals surface area contributed by atoms with Gasteiger partial charge < -0.3 is 4.90 Å². The molecule has 1 atom stereocenters. The van der Waals surface area contributed by atoms with Crippen molar-refractivity contribution in [2.75, 3.05) is 20.1 Å². The maximum Gasteiger partial charge on any atom is 0.234 e. The van der Waals surface area contributed by atoms with E-state index in [0.29, 0.717) is 12.6 Å². The molecule has 0 aromatic carbocycles. The summed E-state index contributed by atoms with van der Waals surface area (Å²) < 4.78 is 0. The number of isocyanates is 1. The van der Waals surface area contributed by atoms with Crippen molar-refractivity contribution in [3.8, 4) is 0 Å². The van der Waals surface area contributed by atoms with Gasteiger partial charge in [0.15, 0.2) is 0 Å². The summed E-state index contributed by atoms with van der Waals surface area (Å²) in [5.41, 5.74) is 0. The highest BCUT2D eigenvalue weighted by molar-refractivity contribution is 5.32. The predicted octanol–water partition coefficient (Wildman–Crippen LogP) is 0.806. The summed E-state index contributed by atoms with van der Waals surface area (Å²) in [6.45, 7) is 1.83. The lowest BCUT2D eigenvalue weighted by atomic mass is 10.1. The van der Waals surface area contributed by atoms with Crippen LogP contribution in [0.4, 0.5) is 0 Å². The molecule has 0 bridgehead atoms. The van der Waals surface area contributed by atoms with Gasteiger partial charge in [0.1, 0.15) is 0 Å². The molecule has 0 radical (unpaired) electrons. The van der Waals surface area contributed by atoms with Gasteiger partial charge in [0.2, 0.25) is 6.08 Å². The van der Waals surface area contributed by atoms with Crippen LogP contribution in [0, 0.1) is 0 Å². The SMILES string of the molecule is CN1CCC[C@H]1CCN=C=O. The summed E-state index contributed by atoms with van der Waals surface area (Å²) in [4.78, 5) is 15.6. The van der Waals surface area contributed by atoms with Crippen LogP contribution < -0.4 is 0 Å². The van der Waals surface area contributed by atoms with Crippen molar-refractivity contribution >= 4 is 6.08 Å². The fraction of sp³-hybridized carbons (Fsp3) is 0.875. The highest BCUT2D eigenvalue weighted by atomic mass is 16.1. The molecule has 1 aliphatic heterocycles. The first-order chi connectivity index (χ1) is 5.34. The second-order valence-corrected chi connectivity index (χ2v) is 3.04. The lowest BCUT2D eigenvalue weighted by Gasteiger charge is -2.17. The zero-order valence-electron chi connectivity index (χ0n) is 6.92. The number of aliphatic imine (C=N–C) groups is 1. The van der Waals surface area contributed by atoms with E-state index in [-0.39, 0.29) is 0 Å². The van der Waals surface area contributed by atoms with E-state index in [2.05, 4.69) is 16.9 Å². The number of likely N-dealkylation sites (tertiary alicyclic amines) is 1. The Morgan fingerprint density at radius 3 is 3.09 bits per heavy atom. The molecule has 3 heteroatoms. The lowest BCUT2D eigenvalue weighted by molar-refractivity contribution is 0.299. The Labute approximate surface area is 67.1 Å². The van der Waals surface area contributed by atoms with Crippen molar-refractivity contribution in [3.05, 3.63) is 0 Å². The van der Waals surface area contributed by atoms with Crippen molar-refractivity contribution in [1.82, 2.24) is 4.90 Å². The molecule has 1 rings (SSSR count). The molecule has 0 spiro atoms. The molecule has 0 aromatic heterocycles. The van der Waals surface area contributed by atoms with Gasteiger partial charge in [0.05, 0.1) is 6.54 Å². The molecule has 1 heterocycles. The van der Waals surface area contributed by atoms with Crippen LogP contribution in [0.1, 0.15) is 19.3 Å². The third-order valence-electron chi connectivity index (χ3n) is 2.31. The molecule has 0 aromatic rings. The maximum absolute atomic E-state index is 9.75. The molecule has 1 saturated heterocycles. The van der Waals surface area contributed by atoms with E-state index < -0.39 is 0 Å². The Balaban J connectivity index is 2.20. The van der Waals surface area contributed by atoms with Crippen molar-refractivity contribution in [2.24, 2.45) is 4.99 Å². The first-order valence-corrected chi connectivity index (χ1v) is 4.08. The molecule has 0 aliphatic carbocycles. The van der Waals surface area contributed by atoms with Gasteiger partial charge in [0.25, 0.3) is 0 Å². The number of rotatable bonds is 3. The average molecular weight is 154 g/mol. The summed E-state index contributed by atoms with van der Waals surface area (Å²) in [6, 6.07) is 0.645. The summed E-state index contributed by atoms with van der Waals surface area (Å²) in [5, 5.41) is 0. The van der Waals surface area contributed by atoms with Gasteiger partial charge in [-0.25, -0.2) is 9.79 Å². The van der Waals surface area contributed by atoms with Gasteiger partial charge >= 0.3 is 0 Å². The fourth-order valence-corrected chi connectivity index (χ4v) is 1.60. The van der Waals surface area contributed by atoms with Crippen LogP contribution in [0.15, 0.2) is 4.99 Å². The highest BCUT2D eigenvalue weighted by Crippen LogP contribution is 2.17. The molecule has 0 amide bonds. The van der Waals surface area contributed by atoms with E-state index in [1.807, 2.05) is 0 Å². The molecule has 1 fully saturated rings. The molecule has 0 saturated carbocycles. The molecule has 11 heavy (non-hydrogen) atoms. The summed E-state index contributed by atoms with van der Waals surface area (Å²) >= 11 is 0. The zero-order chi connectivity index (χ0) is 8.10. The molecular formula is C8H14N2O. The van der Waals surface area contributed by atoms with Gasteiger partial charge in [0, 0.05) is 6.04 Å². The van der Waals surface area contributed by atoms with Crippen LogP contribution in [-0.4, -0.2) is 37.2 Å². The topological polar surface area (TPSA) is 32.7 Å². The van der Waals surface area contributed by atoms with Crippen LogP contribution in [-0.2, 0) is 4.79 Å². The first-order valence-electron chi connectivity index (χ1n) is 4.08. The summed E-state index contributed by atoms with van der Waals surface area (Å²) in [5.74, 6) is 0. The van der Waals surface area contributed by atoms with Crippen molar-refractivity contribution < 1.29 is 4.79 Å². The largest absolute Gasteiger partial charge is 0.303 e. The van der Waals surface area contributed by atoms with E-state index in [9.17, 15) is 4.79 Å². The molecule has 1 aliphatic rings. The highest BCUT2D eigenvalue weighted by Gasteiger charge is 2.19.